The third-order valence-corrected chi connectivity index (χ3v) is 14.3. The number of rotatable bonds is 17. The minimum atomic E-state index is -4.43. The highest BCUT2D eigenvalue weighted by molar-refractivity contribution is 7.86. The third-order valence-electron chi connectivity index (χ3n) is 12.6. The molecule has 3 aromatic rings. The number of quaternary nitrogens is 2. The topological polar surface area (TPSA) is 162 Å². The van der Waals surface area contributed by atoms with E-state index in [1.807, 2.05) is 0 Å². The van der Waals surface area contributed by atoms with Crippen molar-refractivity contribution in [3.8, 4) is 5.75 Å². The largest absolute Gasteiger partial charge is 0.481 e. The Morgan fingerprint density at radius 2 is 1.37 bits per heavy atom. The van der Waals surface area contributed by atoms with Crippen LogP contribution < -0.4 is 9.64 Å². The molecule has 3 aliphatic rings. The number of carboxylic acids is 1. The van der Waals surface area contributed by atoms with E-state index in [0.717, 1.165) is 86.4 Å². The van der Waals surface area contributed by atoms with Gasteiger partial charge in [0.2, 0.25) is 5.69 Å². The van der Waals surface area contributed by atoms with E-state index in [0.29, 0.717) is 43.0 Å². The van der Waals surface area contributed by atoms with Crippen molar-refractivity contribution in [2.75, 3.05) is 73.4 Å². The Kier molecular flexibility index (Phi) is 14.0. The SMILES string of the molecule is CC1(C)C(/C=C/C2=C(Oc3ccc(CC(=O)O)cc3)C(=C/C=C3/N(CCC[N+](C)(C)C)c4ccc(S(=O)(=O)O)cc4C3(C)C)/CCC2)=[N+](CCC[N+](C)(C)C)c2ccc(S(=O)(=O)O)cc21. The van der Waals surface area contributed by atoms with Gasteiger partial charge in [0, 0.05) is 47.5 Å². The van der Waals surface area contributed by atoms with Gasteiger partial charge in [0.25, 0.3) is 20.2 Å². The van der Waals surface area contributed by atoms with E-state index in [-0.39, 0.29) is 16.2 Å². The van der Waals surface area contributed by atoms with Crippen LogP contribution in [0.15, 0.2) is 117 Å². The molecular weight excluding hydrogens is 865 g/mol. The summed E-state index contributed by atoms with van der Waals surface area (Å²) in [5, 5.41) is 9.41. The fourth-order valence-corrected chi connectivity index (χ4v) is 10.2. The normalized spacial score (nSPS) is 18.9. The van der Waals surface area contributed by atoms with Gasteiger partial charge in [-0.1, -0.05) is 32.1 Å². The summed E-state index contributed by atoms with van der Waals surface area (Å²) in [5.41, 5.74) is 6.62. The van der Waals surface area contributed by atoms with Crippen molar-refractivity contribution in [2.45, 2.75) is 86.8 Å². The Bertz CT molecular complexity index is 2730. The molecule has 3 aromatic carbocycles. The van der Waals surface area contributed by atoms with E-state index in [9.17, 15) is 35.8 Å². The van der Waals surface area contributed by atoms with Crippen LogP contribution >= 0.6 is 0 Å². The Balaban J connectivity index is 1.49. The molecule has 2 aliphatic heterocycles. The van der Waals surface area contributed by atoms with Gasteiger partial charge in [0.05, 0.1) is 83.4 Å². The summed E-state index contributed by atoms with van der Waals surface area (Å²) in [5.74, 6) is 0.301. The highest BCUT2D eigenvalue weighted by Gasteiger charge is 2.45. The number of nitrogens with zero attached hydrogens (tertiary/aromatic N) is 4. The summed E-state index contributed by atoms with van der Waals surface area (Å²) >= 11 is 0. The van der Waals surface area contributed by atoms with Crippen molar-refractivity contribution in [1.82, 2.24) is 0 Å². The number of hydrogen-bond acceptors (Lipinski definition) is 7. The number of fused-ring (bicyclic) bond motifs is 2. The molecule has 0 aromatic heterocycles. The molecule has 0 radical (unpaired) electrons. The zero-order valence-electron chi connectivity index (χ0n) is 39.6. The lowest BCUT2D eigenvalue weighted by atomic mass is 9.81. The predicted octanol–water partition coefficient (Wildman–Crippen LogP) is 8.06. The van der Waals surface area contributed by atoms with E-state index < -0.39 is 37.0 Å². The molecule has 0 spiro atoms. The molecule has 13 nitrogen and oxygen atoms in total. The van der Waals surface area contributed by atoms with Crippen molar-refractivity contribution in [1.29, 1.82) is 0 Å². The van der Waals surface area contributed by atoms with Gasteiger partial charge in [-0.3, -0.25) is 13.9 Å². The van der Waals surface area contributed by atoms with Gasteiger partial charge in [-0.15, -0.1) is 0 Å². The molecule has 15 heteroatoms. The Morgan fingerprint density at radius 3 is 1.97 bits per heavy atom. The van der Waals surface area contributed by atoms with Crippen molar-refractivity contribution < 1.29 is 54.1 Å². The van der Waals surface area contributed by atoms with Crippen LogP contribution in [0, 0.1) is 0 Å². The highest BCUT2D eigenvalue weighted by atomic mass is 32.2. The predicted molar refractivity (Wildman–Crippen MR) is 255 cm³/mol. The van der Waals surface area contributed by atoms with Gasteiger partial charge in [-0.05, 0) is 110 Å². The standard InChI is InChI=1S/C50H64N4O9S2/c1-49(2)41-33-39(64(57,58)59)22-24-43(41)51(28-12-30-53(5,6)7)45(49)26-18-36-14-11-15-37(48(36)63-38-20-16-35(17-21-38)32-47(55)56)19-27-46-50(3,4)42-34-40(65(60,61)62)23-25-44(42)52(46)29-13-31-54(8,9)10/h16-27,33-34H,11-15,28-32H2,1-10H3/p+3. The summed E-state index contributed by atoms with van der Waals surface area (Å²) in [7, 11) is 4.04. The minimum absolute atomic E-state index is 0.112. The van der Waals surface area contributed by atoms with Crippen molar-refractivity contribution in [2.24, 2.45) is 0 Å². The first-order valence-electron chi connectivity index (χ1n) is 22.2. The number of hydrogen-bond donors (Lipinski definition) is 3. The Labute approximate surface area is 386 Å². The average molecular weight is 932 g/mol. The molecule has 2 heterocycles. The molecular formula is C50H67N4O9S2+3. The number of carbonyl (C=O) groups is 1. The van der Waals surface area contributed by atoms with Gasteiger partial charge in [-0.25, -0.2) is 0 Å². The summed E-state index contributed by atoms with van der Waals surface area (Å²) in [4.78, 5) is 13.4. The van der Waals surface area contributed by atoms with E-state index in [2.05, 4.69) is 104 Å². The Morgan fingerprint density at radius 1 is 0.769 bits per heavy atom. The van der Waals surface area contributed by atoms with E-state index >= 15 is 0 Å². The molecule has 65 heavy (non-hydrogen) atoms. The maximum absolute atomic E-state index is 12.3. The van der Waals surface area contributed by atoms with Gasteiger partial charge < -0.3 is 23.7 Å². The second kappa shape index (κ2) is 18.4. The van der Waals surface area contributed by atoms with E-state index in [4.69, 9.17) is 4.74 Å². The quantitative estimate of drug-likeness (QED) is 0.0687. The van der Waals surface area contributed by atoms with Gasteiger partial charge in [0.1, 0.15) is 11.5 Å². The summed E-state index contributed by atoms with van der Waals surface area (Å²) in [6.07, 6.45) is 12.3. The van der Waals surface area contributed by atoms with Crippen LogP contribution in [0.1, 0.15) is 76.5 Å². The average Bonchev–Trinajstić information content (AvgIpc) is 3.53. The smallest absolute Gasteiger partial charge is 0.307 e. The molecule has 3 N–H and O–H groups in total. The monoisotopic (exact) mass is 931 g/mol. The molecule has 0 atom stereocenters. The van der Waals surface area contributed by atoms with Crippen molar-refractivity contribution in [3.05, 3.63) is 124 Å². The first-order chi connectivity index (χ1) is 30.1. The Hall–Kier alpha value is -4.90. The number of allylic oxidation sites excluding steroid dienone is 7. The van der Waals surface area contributed by atoms with Crippen LogP contribution in [0.5, 0.6) is 5.75 Å². The van der Waals surface area contributed by atoms with Crippen LogP contribution in [0.4, 0.5) is 11.4 Å². The molecule has 0 saturated carbocycles. The maximum atomic E-state index is 12.3. The van der Waals surface area contributed by atoms with Gasteiger partial charge in [-0.2, -0.15) is 21.4 Å². The van der Waals surface area contributed by atoms with Crippen molar-refractivity contribution in [3.63, 3.8) is 0 Å². The lowest BCUT2D eigenvalue weighted by molar-refractivity contribution is -0.871. The molecule has 1 aliphatic carbocycles. The second-order valence-corrected chi connectivity index (χ2v) is 23.4. The fourth-order valence-electron chi connectivity index (χ4n) is 9.20. The zero-order chi connectivity index (χ0) is 47.9. The lowest BCUT2D eigenvalue weighted by Crippen LogP contribution is -2.37. The molecule has 0 fully saturated rings. The highest BCUT2D eigenvalue weighted by Crippen LogP contribution is 2.49. The minimum Gasteiger partial charge on any atom is -0.481 e. The van der Waals surface area contributed by atoms with Crippen LogP contribution in [0.25, 0.3) is 0 Å². The third kappa shape index (κ3) is 11.6. The number of benzene rings is 3. The van der Waals surface area contributed by atoms with E-state index in [1.54, 1.807) is 48.5 Å². The van der Waals surface area contributed by atoms with Crippen LogP contribution in [-0.4, -0.2) is 125 Å². The molecule has 0 saturated heterocycles. The molecule has 6 rings (SSSR count). The molecule has 0 amide bonds. The number of aliphatic carboxylic acids is 1. The number of carboxylic acid groups (broad SMARTS) is 1. The lowest BCUT2D eigenvalue weighted by Gasteiger charge is -2.29. The van der Waals surface area contributed by atoms with Crippen LogP contribution in [0.3, 0.4) is 0 Å². The molecule has 0 unspecified atom stereocenters. The second-order valence-electron chi connectivity index (χ2n) is 20.6. The molecule has 350 valence electrons. The fraction of sp³-hybridized carbons (Fsp3) is 0.440. The van der Waals surface area contributed by atoms with Crippen LogP contribution in [0.2, 0.25) is 0 Å². The maximum Gasteiger partial charge on any atom is 0.307 e. The van der Waals surface area contributed by atoms with Crippen LogP contribution in [-0.2, 0) is 42.3 Å². The summed E-state index contributed by atoms with van der Waals surface area (Å²) in [6, 6.07) is 16.7. The zero-order valence-corrected chi connectivity index (χ0v) is 41.2. The van der Waals surface area contributed by atoms with Crippen molar-refractivity contribution >= 4 is 43.3 Å². The number of anilines is 1. The first kappa shape index (κ1) is 49.5. The van der Waals surface area contributed by atoms with Gasteiger partial charge >= 0.3 is 5.97 Å². The summed E-state index contributed by atoms with van der Waals surface area (Å²) < 4.78 is 79.9. The van der Waals surface area contributed by atoms with Gasteiger partial charge in [0.15, 0.2) is 12.3 Å². The summed E-state index contributed by atoms with van der Waals surface area (Å²) in [6.45, 7) is 11.5. The number of ether oxygens (including phenoxy) is 1. The first-order valence-corrected chi connectivity index (χ1v) is 25.0. The molecule has 0 bridgehead atoms. The van der Waals surface area contributed by atoms with E-state index in [1.165, 1.54) is 12.1 Å².